The van der Waals surface area contributed by atoms with Gasteiger partial charge in [0.2, 0.25) is 10.0 Å². The van der Waals surface area contributed by atoms with Crippen molar-refractivity contribution in [2.45, 2.75) is 50.3 Å². The molecule has 1 saturated heterocycles. The summed E-state index contributed by atoms with van der Waals surface area (Å²) in [7, 11) is -3.59. The molecule has 1 fully saturated rings. The maximum Gasteiger partial charge on any atom is 0.241 e. The standard InChI is InChI=1S/C14H21NO4S/c1-3-12-5-4-11(9-16)8-14(12)20(17,18)15-13-6-7-19-10(13)2/h4-5,8,10,13,15-16H,3,6-7,9H2,1-2H3. The summed E-state index contributed by atoms with van der Waals surface area (Å²) in [6, 6.07) is 4.86. The van der Waals surface area contributed by atoms with Crippen LogP contribution in [0.1, 0.15) is 31.4 Å². The highest BCUT2D eigenvalue weighted by Crippen LogP contribution is 2.21. The Morgan fingerprint density at radius 2 is 2.20 bits per heavy atom. The third-order valence-electron chi connectivity index (χ3n) is 3.67. The van der Waals surface area contributed by atoms with Crippen LogP contribution in [0.2, 0.25) is 0 Å². The number of rotatable bonds is 5. The molecule has 2 N–H and O–H groups in total. The summed E-state index contributed by atoms with van der Waals surface area (Å²) in [4.78, 5) is 0.255. The second-order valence-corrected chi connectivity index (χ2v) is 6.73. The average Bonchev–Trinajstić information content (AvgIpc) is 2.83. The van der Waals surface area contributed by atoms with Crippen LogP contribution in [0.4, 0.5) is 0 Å². The van der Waals surface area contributed by atoms with Gasteiger partial charge in [-0.15, -0.1) is 0 Å². The van der Waals surface area contributed by atoms with Gasteiger partial charge in [-0.3, -0.25) is 0 Å². The largest absolute Gasteiger partial charge is 0.392 e. The van der Waals surface area contributed by atoms with Crippen LogP contribution in [0.3, 0.4) is 0 Å². The molecule has 1 heterocycles. The van der Waals surface area contributed by atoms with Gasteiger partial charge in [-0.2, -0.15) is 0 Å². The molecule has 0 amide bonds. The number of aryl methyl sites for hydroxylation is 1. The van der Waals surface area contributed by atoms with E-state index in [2.05, 4.69) is 4.72 Å². The highest BCUT2D eigenvalue weighted by atomic mass is 32.2. The third-order valence-corrected chi connectivity index (χ3v) is 5.24. The molecule has 112 valence electrons. The lowest BCUT2D eigenvalue weighted by atomic mass is 10.1. The number of aliphatic hydroxyl groups excluding tert-OH is 1. The van der Waals surface area contributed by atoms with Gasteiger partial charge in [0, 0.05) is 6.61 Å². The Balaban J connectivity index is 2.32. The molecule has 2 atom stereocenters. The highest BCUT2D eigenvalue weighted by molar-refractivity contribution is 7.89. The van der Waals surface area contributed by atoms with E-state index in [0.717, 1.165) is 5.56 Å². The maximum atomic E-state index is 12.5. The van der Waals surface area contributed by atoms with Gasteiger partial charge >= 0.3 is 0 Å². The van der Waals surface area contributed by atoms with E-state index in [4.69, 9.17) is 4.74 Å². The van der Waals surface area contributed by atoms with Gasteiger partial charge in [0.1, 0.15) is 0 Å². The van der Waals surface area contributed by atoms with Gasteiger partial charge in [-0.1, -0.05) is 19.1 Å². The fourth-order valence-electron chi connectivity index (χ4n) is 2.39. The first-order valence-electron chi connectivity index (χ1n) is 6.84. The fourth-order valence-corrected chi connectivity index (χ4v) is 4.09. The van der Waals surface area contributed by atoms with Crippen LogP contribution in [0.25, 0.3) is 0 Å². The number of sulfonamides is 1. The average molecular weight is 299 g/mol. The van der Waals surface area contributed by atoms with Crippen LogP contribution in [0.5, 0.6) is 0 Å². The molecule has 2 unspecified atom stereocenters. The highest BCUT2D eigenvalue weighted by Gasteiger charge is 2.30. The Bertz CT molecular complexity index is 571. The molecule has 20 heavy (non-hydrogen) atoms. The van der Waals surface area contributed by atoms with Crippen molar-refractivity contribution >= 4 is 10.0 Å². The van der Waals surface area contributed by atoms with Crippen LogP contribution >= 0.6 is 0 Å². The quantitative estimate of drug-likeness (QED) is 0.856. The van der Waals surface area contributed by atoms with E-state index >= 15 is 0 Å². The van der Waals surface area contributed by atoms with E-state index in [9.17, 15) is 13.5 Å². The van der Waals surface area contributed by atoms with Crippen molar-refractivity contribution in [2.75, 3.05) is 6.61 Å². The molecule has 0 radical (unpaired) electrons. The maximum absolute atomic E-state index is 12.5. The zero-order valence-electron chi connectivity index (χ0n) is 11.8. The van der Waals surface area contributed by atoms with E-state index in [1.54, 1.807) is 18.2 Å². The monoisotopic (exact) mass is 299 g/mol. The predicted octanol–water partition coefficient (Wildman–Crippen LogP) is 1.20. The molecule has 0 aliphatic carbocycles. The molecule has 1 aliphatic heterocycles. The summed E-state index contributed by atoms with van der Waals surface area (Å²) in [6.07, 6.45) is 1.19. The summed E-state index contributed by atoms with van der Waals surface area (Å²) in [5, 5.41) is 9.18. The molecule has 6 heteroatoms. The molecule has 0 aromatic heterocycles. The second-order valence-electron chi connectivity index (χ2n) is 5.05. The van der Waals surface area contributed by atoms with E-state index in [1.165, 1.54) is 0 Å². The van der Waals surface area contributed by atoms with Crippen molar-refractivity contribution in [1.82, 2.24) is 4.72 Å². The molecule has 0 bridgehead atoms. The molecule has 2 rings (SSSR count). The molecular weight excluding hydrogens is 278 g/mol. The van der Waals surface area contributed by atoms with Crippen LogP contribution < -0.4 is 4.72 Å². The Morgan fingerprint density at radius 3 is 2.75 bits per heavy atom. The lowest BCUT2D eigenvalue weighted by molar-refractivity contribution is 0.117. The molecular formula is C14H21NO4S. The Labute approximate surface area is 120 Å². The Morgan fingerprint density at radius 1 is 1.45 bits per heavy atom. The lowest BCUT2D eigenvalue weighted by Crippen LogP contribution is -2.39. The zero-order valence-corrected chi connectivity index (χ0v) is 12.6. The molecule has 0 saturated carbocycles. The molecule has 0 spiro atoms. The van der Waals surface area contributed by atoms with Gasteiger partial charge < -0.3 is 9.84 Å². The van der Waals surface area contributed by atoms with Crippen LogP contribution in [0, 0.1) is 0 Å². The van der Waals surface area contributed by atoms with Crippen LogP contribution in [-0.4, -0.2) is 32.3 Å². The fraction of sp³-hybridized carbons (Fsp3) is 0.571. The topological polar surface area (TPSA) is 75.6 Å². The van der Waals surface area contributed by atoms with Crippen molar-refractivity contribution in [1.29, 1.82) is 0 Å². The number of hydrogen-bond donors (Lipinski definition) is 2. The number of aliphatic hydroxyl groups is 1. The van der Waals surface area contributed by atoms with Crippen molar-refractivity contribution in [3.63, 3.8) is 0 Å². The van der Waals surface area contributed by atoms with Gasteiger partial charge in [-0.25, -0.2) is 13.1 Å². The lowest BCUT2D eigenvalue weighted by Gasteiger charge is -2.18. The Kier molecular flexibility index (Phi) is 4.80. The van der Waals surface area contributed by atoms with E-state index in [1.807, 2.05) is 13.8 Å². The second kappa shape index (κ2) is 6.22. The van der Waals surface area contributed by atoms with Gasteiger partial charge in [0.15, 0.2) is 0 Å². The van der Waals surface area contributed by atoms with Gasteiger partial charge in [-0.05, 0) is 37.0 Å². The van der Waals surface area contributed by atoms with Crippen LogP contribution in [-0.2, 0) is 27.8 Å². The summed E-state index contributed by atoms with van der Waals surface area (Å²) >= 11 is 0. The van der Waals surface area contributed by atoms with E-state index in [0.29, 0.717) is 25.0 Å². The SMILES string of the molecule is CCc1ccc(CO)cc1S(=O)(=O)NC1CCOC1C. The molecule has 1 aromatic carbocycles. The molecule has 1 aliphatic rings. The van der Waals surface area contributed by atoms with Crippen LogP contribution in [0.15, 0.2) is 23.1 Å². The van der Waals surface area contributed by atoms with Gasteiger partial charge in [0.05, 0.1) is 23.6 Å². The van der Waals surface area contributed by atoms with E-state index < -0.39 is 10.0 Å². The van der Waals surface area contributed by atoms with E-state index in [-0.39, 0.29) is 23.6 Å². The van der Waals surface area contributed by atoms with Gasteiger partial charge in [0.25, 0.3) is 0 Å². The number of benzene rings is 1. The van der Waals surface area contributed by atoms with Crippen molar-refractivity contribution in [3.8, 4) is 0 Å². The normalized spacial score (nSPS) is 23.1. The molecule has 1 aromatic rings. The number of ether oxygens (including phenoxy) is 1. The summed E-state index contributed by atoms with van der Waals surface area (Å²) in [6.45, 7) is 4.18. The first-order chi connectivity index (χ1) is 9.47. The summed E-state index contributed by atoms with van der Waals surface area (Å²) in [5.41, 5.74) is 1.35. The first kappa shape index (κ1) is 15.4. The minimum atomic E-state index is -3.59. The third kappa shape index (κ3) is 3.20. The number of hydrogen-bond acceptors (Lipinski definition) is 4. The minimum absolute atomic E-state index is 0.115. The molecule has 5 nitrogen and oxygen atoms in total. The van der Waals surface area contributed by atoms with Crippen molar-refractivity contribution in [2.24, 2.45) is 0 Å². The van der Waals surface area contributed by atoms with Crippen molar-refractivity contribution < 1.29 is 18.3 Å². The summed E-state index contributed by atoms with van der Waals surface area (Å²) in [5.74, 6) is 0. The predicted molar refractivity (Wildman–Crippen MR) is 75.9 cm³/mol. The zero-order chi connectivity index (χ0) is 14.8. The smallest absolute Gasteiger partial charge is 0.241 e. The summed E-state index contributed by atoms with van der Waals surface area (Å²) < 4.78 is 33.2. The Hall–Kier alpha value is -0.950. The number of nitrogens with one attached hydrogen (secondary N) is 1. The minimum Gasteiger partial charge on any atom is -0.392 e. The first-order valence-corrected chi connectivity index (χ1v) is 8.33. The van der Waals surface area contributed by atoms with Crippen molar-refractivity contribution in [3.05, 3.63) is 29.3 Å².